The number of thiocarbonyl (C=S) groups is 1. The highest BCUT2D eigenvalue weighted by molar-refractivity contribution is 7.80. The van der Waals surface area contributed by atoms with Gasteiger partial charge in [-0.2, -0.15) is 0 Å². The van der Waals surface area contributed by atoms with Gasteiger partial charge in [0.1, 0.15) is 11.3 Å². The fourth-order valence-corrected chi connectivity index (χ4v) is 3.36. The molecule has 1 fully saturated rings. The van der Waals surface area contributed by atoms with E-state index in [1.165, 1.54) is 18.1 Å². The molecule has 0 aliphatic carbocycles. The number of carbonyl (C=O) groups excluding carboxylic acids is 2. The first-order valence-electron chi connectivity index (χ1n) is 8.95. The normalized spacial score (nSPS) is 15.3. The van der Waals surface area contributed by atoms with Crippen LogP contribution in [0.4, 0.5) is 5.69 Å². The number of hydrogen-bond acceptors (Lipinski definition) is 6. The molecule has 156 valence electrons. The number of hydrogen-bond donors (Lipinski definition) is 1. The van der Waals surface area contributed by atoms with Crippen LogP contribution >= 0.6 is 23.8 Å². The first kappa shape index (κ1) is 21.6. The van der Waals surface area contributed by atoms with Crippen molar-refractivity contribution in [2.45, 2.75) is 6.92 Å². The van der Waals surface area contributed by atoms with Gasteiger partial charge in [-0.05, 0) is 61.1 Å². The lowest BCUT2D eigenvalue weighted by Gasteiger charge is -2.29. The van der Waals surface area contributed by atoms with Crippen molar-refractivity contribution in [2.24, 2.45) is 0 Å². The van der Waals surface area contributed by atoms with Crippen molar-refractivity contribution in [3.8, 4) is 17.2 Å². The topological polar surface area (TPSA) is 77.1 Å². The average Bonchev–Trinajstić information content (AvgIpc) is 2.73. The Morgan fingerprint density at radius 3 is 2.40 bits per heavy atom. The SMILES string of the molecule is CCOc1cc(/C=C2\C(=O)NC(=S)N(c3ccc(OC)cc3)C2=O)c(Cl)cc1OC. The minimum Gasteiger partial charge on any atom is -0.497 e. The molecule has 1 saturated heterocycles. The Kier molecular flexibility index (Phi) is 6.59. The van der Waals surface area contributed by atoms with Crippen molar-refractivity contribution in [1.82, 2.24) is 5.32 Å². The van der Waals surface area contributed by atoms with E-state index in [9.17, 15) is 9.59 Å². The molecule has 1 aliphatic rings. The summed E-state index contributed by atoms with van der Waals surface area (Å²) < 4.78 is 16.0. The summed E-state index contributed by atoms with van der Waals surface area (Å²) in [5.41, 5.74) is 0.809. The molecule has 0 atom stereocenters. The molecule has 1 N–H and O–H groups in total. The lowest BCUT2D eigenvalue weighted by atomic mass is 10.1. The maximum Gasteiger partial charge on any atom is 0.270 e. The molecule has 0 spiro atoms. The van der Waals surface area contributed by atoms with E-state index >= 15 is 0 Å². The van der Waals surface area contributed by atoms with Crippen molar-refractivity contribution in [2.75, 3.05) is 25.7 Å². The number of anilines is 1. The molecular formula is C21H19ClN2O5S. The van der Waals surface area contributed by atoms with Crippen LogP contribution in [0, 0.1) is 0 Å². The highest BCUT2D eigenvalue weighted by Crippen LogP contribution is 2.35. The van der Waals surface area contributed by atoms with Crippen molar-refractivity contribution in [1.29, 1.82) is 0 Å². The number of ether oxygens (including phenoxy) is 3. The second kappa shape index (κ2) is 9.15. The molecule has 9 heteroatoms. The van der Waals surface area contributed by atoms with Crippen LogP contribution in [0.15, 0.2) is 42.0 Å². The zero-order valence-corrected chi connectivity index (χ0v) is 18.1. The van der Waals surface area contributed by atoms with Gasteiger partial charge in [-0.15, -0.1) is 0 Å². The number of nitrogens with zero attached hydrogens (tertiary/aromatic N) is 1. The van der Waals surface area contributed by atoms with Crippen LogP contribution < -0.4 is 24.4 Å². The average molecular weight is 447 g/mol. The van der Waals surface area contributed by atoms with Crippen LogP contribution in [0.2, 0.25) is 5.02 Å². The van der Waals surface area contributed by atoms with E-state index in [2.05, 4.69) is 5.32 Å². The van der Waals surface area contributed by atoms with Crippen molar-refractivity contribution in [3.63, 3.8) is 0 Å². The minimum absolute atomic E-state index is 0.0110. The number of benzene rings is 2. The standard InChI is InChI=1S/C21H19ClN2O5S/c1-4-29-18-10-12(16(22)11-17(18)28-3)9-15-19(25)23-21(30)24(20(15)26)13-5-7-14(27-2)8-6-13/h5-11H,4H2,1-3H3,(H,23,25,30)/b15-9+. The molecule has 2 aromatic rings. The summed E-state index contributed by atoms with van der Waals surface area (Å²) in [4.78, 5) is 26.9. The maximum absolute atomic E-state index is 13.1. The fraction of sp³-hybridized carbons (Fsp3) is 0.190. The van der Waals surface area contributed by atoms with Crippen LogP contribution in [0.3, 0.4) is 0 Å². The molecule has 1 heterocycles. The van der Waals surface area contributed by atoms with Crippen LogP contribution in [-0.2, 0) is 9.59 Å². The Hall–Kier alpha value is -3.10. The van der Waals surface area contributed by atoms with Gasteiger partial charge in [0.05, 0.1) is 31.5 Å². The summed E-state index contributed by atoms with van der Waals surface area (Å²) in [7, 11) is 3.04. The Labute approximate surface area is 184 Å². The molecule has 0 bridgehead atoms. The zero-order valence-electron chi connectivity index (χ0n) is 16.5. The molecule has 2 amide bonds. The Morgan fingerprint density at radius 1 is 1.10 bits per heavy atom. The van der Waals surface area contributed by atoms with E-state index in [1.807, 2.05) is 6.92 Å². The van der Waals surface area contributed by atoms with E-state index in [0.29, 0.717) is 40.1 Å². The van der Waals surface area contributed by atoms with E-state index in [1.54, 1.807) is 43.5 Å². The number of halogens is 1. The van der Waals surface area contributed by atoms with E-state index in [4.69, 9.17) is 38.0 Å². The smallest absolute Gasteiger partial charge is 0.270 e. The third kappa shape index (κ3) is 4.24. The second-order valence-electron chi connectivity index (χ2n) is 6.11. The van der Waals surface area contributed by atoms with Gasteiger partial charge in [-0.1, -0.05) is 11.6 Å². The number of carbonyl (C=O) groups is 2. The highest BCUT2D eigenvalue weighted by atomic mass is 35.5. The van der Waals surface area contributed by atoms with Crippen molar-refractivity contribution in [3.05, 3.63) is 52.6 Å². The van der Waals surface area contributed by atoms with Gasteiger partial charge in [0.25, 0.3) is 11.8 Å². The molecule has 0 aromatic heterocycles. The first-order chi connectivity index (χ1) is 14.4. The van der Waals surface area contributed by atoms with Gasteiger partial charge >= 0.3 is 0 Å². The molecule has 7 nitrogen and oxygen atoms in total. The highest BCUT2D eigenvalue weighted by Gasteiger charge is 2.34. The summed E-state index contributed by atoms with van der Waals surface area (Å²) in [6.07, 6.45) is 1.40. The predicted octanol–water partition coefficient (Wildman–Crippen LogP) is 3.59. The molecule has 0 unspecified atom stereocenters. The predicted molar refractivity (Wildman–Crippen MR) is 118 cm³/mol. The second-order valence-corrected chi connectivity index (χ2v) is 6.91. The van der Waals surface area contributed by atoms with Crippen LogP contribution in [0.5, 0.6) is 17.2 Å². The molecule has 30 heavy (non-hydrogen) atoms. The zero-order chi connectivity index (χ0) is 21.8. The molecule has 3 rings (SSSR count). The lowest BCUT2D eigenvalue weighted by Crippen LogP contribution is -2.54. The van der Waals surface area contributed by atoms with Gasteiger partial charge in [0.2, 0.25) is 0 Å². The Bertz CT molecular complexity index is 1040. The molecule has 0 radical (unpaired) electrons. The van der Waals surface area contributed by atoms with Crippen LogP contribution in [0.25, 0.3) is 6.08 Å². The van der Waals surface area contributed by atoms with E-state index < -0.39 is 11.8 Å². The summed E-state index contributed by atoms with van der Waals surface area (Å²) >= 11 is 11.5. The third-order valence-corrected chi connectivity index (χ3v) is 4.93. The summed E-state index contributed by atoms with van der Waals surface area (Å²) in [5.74, 6) is 0.340. The number of amides is 2. The summed E-state index contributed by atoms with van der Waals surface area (Å²) in [5, 5.41) is 2.83. The van der Waals surface area contributed by atoms with Crippen LogP contribution in [0.1, 0.15) is 12.5 Å². The number of nitrogens with one attached hydrogen (secondary N) is 1. The van der Waals surface area contributed by atoms with E-state index in [0.717, 1.165) is 0 Å². The maximum atomic E-state index is 13.1. The number of methoxy groups -OCH3 is 2. The minimum atomic E-state index is -0.611. The molecule has 2 aromatic carbocycles. The fourth-order valence-electron chi connectivity index (χ4n) is 2.87. The number of rotatable bonds is 6. The largest absolute Gasteiger partial charge is 0.497 e. The van der Waals surface area contributed by atoms with Gasteiger partial charge in [0.15, 0.2) is 16.6 Å². The quantitative estimate of drug-likeness (QED) is 0.415. The monoisotopic (exact) mass is 446 g/mol. The van der Waals surface area contributed by atoms with E-state index in [-0.39, 0.29) is 10.7 Å². The first-order valence-corrected chi connectivity index (χ1v) is 9.74. The summed E-state index contributed by atoms with van der Waals surface area (Å²) in [6, 6.07) is 9.91. The van der Waals surface area contributed by atoms with Gasteiger partial charge in [-0.25, -0.2) is 0 Å². The van der Waals surface area contributed by atoms with Crippen molar-refractivity contribution < 1.29 is 23.8 Å². The van der Waals surface area contributed by atoms with Crippen molar-refractivity contribution >= 4 is 52.5 Å². The molecule has 0 saturated carbocycles. The van der Waals surface area contributed by atoms with Gasteiger partial charge in [-0.3, -0.25) is 19.8 Å². The Balaban J connectivity index is 2.03. The molecular weight excluding hydrogens is 428 g/mol. The third-order valence-electron chi connectivity index (χ3n) is 4.31. The summed E-state index contributed by atoms with van der Waals surface area (Å²) in [6.45, 7) is 2.24. The van der Waals surface area contributed by atoms with Gasteiger partial charge in [0, 0.05) is 6.07 Å². The van der Waals surface area contributed by atoms with Crippen LogP contribution in [-0.4, -0.2) is 37.8 Å². The lowest BCUT2D eigenvalue weighted by molar-refractivity contribution is -0.122. The molecule has 1 aliphatic heterocycles. The van der Waals surface area contributed by atoms with Gasteiger partial charge < -0.3 is 14.2 Å². The Morgan fingerprint density at radius 2 is 1.80 bits per heavy atom.